The first-order valence-corrected chi connectivity index (χ1v) is 7.74. The van der Waals surface area contributed by atoms with Gasteiger partial charge in [0.25, 0.3) is 5.91 Å². The van der Waals surface area contributed by atoms with Crippen LogP contribution in [0.25, 0.3) is 0 Å². The van der Waals surface area contributed by atoms with Gasteiger partial charge in [0, 0.05) is 29.2 Å². The number of hydrogen-bond acceptors (Lipinski definition) is 2. The molecule has 2 saturated heterocycles. The van der Waals surface area contributed by atoms with Crippen LogP contribution in [-0.4, -0.2) is 36.5 Å². The molecule has 110 valence electrons. The Balaban J connectivity index is 0.00000147. The van der Waals surface area contributed by atoms with Crippen molar-refractivity contribution in [3.05, 3.63) is 33.8 Å². The first-order valence-electron chi connectivity index (χ1n) is 6.94. The van der Waals surface area contributed by atoms with Gasteiger partial charge in [-0.3, -0.25) is 4.79 Å². The van der Waals surface area contributed by atoms with Crippen LogP contribution in [0.4, 0.5) is 0 Å². The number of amides is 1. The molecule has 0 aromatic heterocycles. The van der Waals surface area contributed by atoms with Crippen molar-refractivity contribution < 1.29 is 4.79 Å². The summed E-state index contributed by atoms with van der Waals surface area (Å²) in [6, 6.07) is 6.49. The van der Waals surface area contributed by atoms with Crippen molar-refractivity contribution in [3.63, 3.8) is 0 Å². The highest BCUT2D eigenvalue weighted by Gasteiger charge is 2.34. The van der Waals surface area contributed by atoms with Crippen LogP contribution in [0.15, 0.2) is 22.7 Å². The third-order valence-corrected chi connectivity index (χ3v) is 5.30. The number of nitrogens with zero attached hydrogens (tertiary/aromatic N) is 1. The molecule has 1 aromatic rings. The molecular formula is C15H20BrClN2O. The summed E-state index contributed by atoms with van der Waals surface area (Å²) >= 11 is 3.50. The molecule has 0 spiro atoms. The van der Waals surface area contributed by atoms with Crippen molar-refractivity contribution in [1.82, 2.24) is 10.2 Å². The number of hydrogen-bond donors (Lipinski definition) is 1. The fourth-order valence-corrected chi connectivity index (χ4v) is 3.61. The molecule has 3 nitrogen and oxygen atoms in total. The van der Waals surface area contributed by atoms with Crippen LogP contribution in [0.5, 0.6) is 0 Å². The van der Waals surface area contributed by atoms with E-state index in [1.165, 1.54) is 6.42 Å². The predicted octanol–water partition coefficient (Wildman–Crippen LogP) is 3.00. The normalized spacial score (nSPS) is 25.0. The highest BCUT2D eigenvalue weighted by molar-refractivity contribution is 9.10. The van der Waals surface area contributed by atoms with Crippen LogP contribution in [-0.2, 0) is 0 Å². The molecule has 2 aliphatic rings. The number of nitrogens with one attached hydrogen (secondary N) is 1. The maximum absolute atomic E-state index is 12.6. The molecule has 0 radical (unpaired) electrons. The van der Waals surface area contributed by atoms with Gasteiger partial charge in [-0.05, 0) is 49.9 Å². The molecule has 2 unspecified atom stereocenters. The Morgan fingerprint density at radius 3 is 3.00 bits per heavy atom. The van der Waals surface area contributed by atoms with Gasteiger partial charge in [-0.2, -0.15) is 0 Å². The number of carbonyl (C=O) groups excluding carboxylic acids is 1. The van der Waals surface area contributed by atoms with Crippen LogP contribution < -0.4 is 5.32 Å². The number of likely N-dealkylation sites (tertiary alicyclic amines) is 1. The lowest BCUT2D eigenvalue weighted by atomic mass is 9.92. The molecule has 2 atom stereocenters. The van der Waals surface area contributed by atoms with Crippen molar-refractivity contribution >= 4 is 34.2 Å². The summed E-state index contributed by atoms with van der Waals surface area (Å²) in [6.07, 6.45) is 2.29. The fraction of sp³-hybridized carbons (Fsp3) is 0.533. The molecule has 0 aliphatic carbocycles. The molecule has 1 aromatic carbocycles. The molecule has 2 fully saturated rings. The highest BCUT2D eigenvalue weighted by Crippen LogP contribution is 2.27. The molecule has 5 heteroatoms. The van der Waals surface area contributed by atoms with Gasteiger partial charge < -0.3 is 10.2 Å². The van der Waals surface area contributed by atoms with Gasteiger partial charge in [-0.25, -0.2) is 0 Å². The van der Waals surface area contributed by atoms with Crippen LogP contribution in [0, 0.1) is 12.8 Å². The molecular weight excluding hydrogens is 340 g/mol. The van der Waals surface area contributed by atoms with Crippen molar-refractivity contribution in [2.24, 2.45) is 5.92 Å². The number of carbonyl (C=O) groups is 1. The maximum atomic E-state index is 12.6. The van der Waals surface area contributed by atoms with Crippen molar-refractivity contribution in [2.45, 2.75) is 25.8 Å². The van der Waals surface area contributed by atoms with Crippen molar-refractivity contribution in [1.29, 1.82) is 0 Å². The van der Waals surface area contributed by atoms with Crippen LogP contribution in [0.1, 0.15) is 28.8 Å². The standard InChI is InChI=1S/C15H19BrN2O.ClH/c1-10-12(3-2-4-13(10)16)15(19)18-8-6-14-11(9-18)5-7-17-14;/h2-4,11,14,17H,5-9H2,1H3;1H. The highest BCUT2D eigenvalue weighted by atomic mass is 79.9. The molecule has 1 N–H and O–H groups in total. The minimum atomic E-state index is 0. The number of rotatable bonds is 1. The van der Waals surface area contributed by atoms with Gasteiger partial charge in [0.15, 0.2) is 0 Å². The SMILES string of the molecule is Cc1c(Br)cccc1C(=O)N1CCC2NCCC2C1.Cl. The monoisotopic (exact) mass is 358 g/mol. The van der Waals surface area contributed by atoms with E-state index in [0.717, 1.165) is 41.7 Å². The number of benzene rings is 1. The van der Waals surface area contributed by atoms with Crippen molar-refractivity contribution in [3.8, 4) is 0 Å². The molecule has 0 bridgehead atoms. The van der Waals surface area contributed by atoms with Gasteiger partial charge in [-0.15, -0.1) is 12.4 Å². The predicted molar refractivity (Wildman–Crippen MR) is 86.5 cm³/mol. The number of fused-ring (bicyclic) bond motifs is 1. The van der Waals surface area contributed by atoms with E-state index in [1.807, 2.05) is 30.0 Å². The summed E-state index contributed by atoms with van der Waals surface area (Å²) < 4.78 is 1.01. The molecule has 3 rings (SSSR count). The Bertz CT molecular complexity index is 509. The van der Waals surface area contributed by atoms with E-state index in [2.05, 4.69) is 21.2 Å². The zero-order chi connectivity index (χ0) is 13.4. The topological polar surface area (TPSA) is 32.3 Å². The zero-order valence-corrected chi connectivity index (χ0v) is 14.0. The maximum Gasteiger partial charge on any atom is 0.254 e. The number of piperidine rings is 1. The van der Waals surface area contributed by atoms with Gasteiger partial charge in [0.2, 0.25) is 0 Å². The Morgan fingerprint density at radius 1 is 1.40 bits per heavy atom. The molecule has 20 heavy (non-hydrogen) atoms. The minimum absolute atomic E-state index is 0. The van der Waals surface area contributed by atoms with Gasteiger partial charge in [-0.1, -0.05) is 22.0 Å². The Labute approximate surface area is 134 Å². The average Bonchev–Trinajstić information content (AvgIpc) is 2.88. The summed E-state index contributed by atoms with van der Waals surface area (Å²) in [7, 11) is 0. The van der Waals surface area contributed by atoms with E-state index in [1.54, 1.807) is 0 Å². The Morgan fingerprint density at radius 2 is 2.20 bits per heavy atom. The molecule has 0 saturated carbocycles. The van der Waals surface area contributed by atoms with Gasteiger partial charge in [0.1, 0.15) is 0 Å². The van der Waals surface area contributed by atoms with E-state index in [9.17, 15) is 4.79 Å². The second-order valence-corrected chi connectivity index (χ2v) is 6.42. The van der Waals surface area contributed by atoms with Gasteiger partial charge in [0.05, 0.1) is 0 Å². The first kappa shape index (κ1) is 15.8. The lowest BCUT2D eigenvalue weighted by Gasteiger charge is -2.35. The van der Waals surface area contributed by atoms with Crippen LogP contribution in [0.2, 0.25) is 0 Å². The summed E-state index contributed by atoms with van der Waals surface area (Å²) in [4.78, 5) is 14.7. The minimum Gasteiger partial charge on any atom is -0.338 e. The number of halogens is 2. The smallest absolute Gasteiger partial charge is 0.254 e. The van der Waals surface area contributed by atoms with E-state index in [0.29, 0.717) is 12.0 Å². The lowest BCUT2D eigenvalue weighted by Crippen LogP contribution is -2.47. The fourth-order valence-electron chi connectivity index (χ4n) is 3.24. The van der Waals surface area contributed by atoms with Crippen LogP contribution in [0.3, 0.4) is 0 Å². The quantitative estimate of drug-likeness (QED) is 0.836. The molecule has 2 heterocycles. The second-order valence-electron chi connectivity index (χ2n) is 5.56. The third kappa shape index (κ3) is 2.87. The van der Waals surface area contributed by atoms with Crippen LogP contribution >= 0.6 is 28.3 Å². The largest absolute Gasteiger partial charge is 0.338 e. The second kappa shape index (κ2) is 6.46. The molecule has 2 aliphatic heterocycles. The zero-order valence-electron chi connectivity index (χ0n) is 11.6. The Kier molecular flexibility index (Phi) is 5.10. The van der Waals surface area contributed by atoms with E-state index < -0.39 is 0 Å². The average molecular weight is 360 g/mol. The van der Waals surface area contributed by atoms with E-state index >= 15 is 0 Å². The first-order chi connectivity index (χ1) is 9.16. The summed E-state index contributed by atoms with van der Waals surface area (Å²) in [5.74, 6) is 0.828. The summed E-state index contributed by atoms with van der Waals surface area (Å²) in [5, 5.41) is 3.53. The lowest BCUT2D eigenvalue weighted by molar-refractivity contribution is 0.0661. The molecule has 1 amide bonds. The summed E-state index contributed by atoms with van der Waals surface area (Å²) in [5.41, 5.74) is 1.87. The summed E-state index contributed by atoms with van der Waals surface area (Å²) in [6.45, 7) is 4.88. The Hall–Kier alpha value is -0.580. The van der Waals surface area contributed by atoms with E-state index in [4.69, 9.17) is 0 Å². The van der Waals surface area contributed by atoms with Gasteiger partial charge >= 0.3 is 0 Å². The van der Waals surface area contributed by atoms with E-state index in [-0.39, 0.29) is 18.3 Å². The van der Waals surface area contributed by atoms with Crippen molar-refractivity contribution in [2.75, 3.05) is 19.6 Å². The third-order valence-electron chi connectivity index (χ3n) is 4.44.